The predicted octanol–water partition coefficient (Wildman–Crippen LogP) is 6.63. The first-order valence-electron chi connectivity index (χ1n) is 14.9. The van der Waals surface area contributed by atoms with E-state index in [0.717, 1.165) is 43.7 Å². The number of benzene rings is 3. The Morgan fingerprint density at radius 1 is 1.00 bits per heavy atom. The van der Waals surface area contributed by atoms with Crippen molar-refractivity contribution in [3.63, 3.8) is 0 Å². The van der Waals surface area contributed by atoms with Crippen molar-refractivity contribution in [3.05, 3.63) is 82.4 Å². The molecule has 3 aromatic carbocycles. The number of aryl methyl sites for hydroxylation is 3. The summed E-state index contributed by atoms with van der Waals surface area (Å²) in [5, 5.41) is 3.56. The Morgan fingerprint density at radius 3 is 2.54 bits per heavy atom. The van der Waals surface area contributed by atoms with Crippen molar-refractivity contribution in [3.8, 4) is 16.9 Å². The molecule has 0 aromatic heterocycles. The van der Waals surface area contributed by atoms with E-state index in [1.54, 1.807) is 6.92 Å². The molecule has 1 N–H and O–H groups in total. The zero-order chi connectivity index (χ0) is 29.0. The highest BCUT2D eigenvalue weighted by Gasteiger charge is 2.45. The van der Waals surface area contributed by atoms with E-state index in [0.29, 0.717) is 19.6 Å². The van der Waals surface area contributed by atoms with Crippen molar-refractivity contribution in [2.24, 2.45) is 5.92 Å². The summed E-state index contributed by atoms with van der Waals surface area (Å²) in [7, 11) is -2.97. The van der Waals surface area contributed by atoms with Crippen LogP contribution in [0.3, 0.4) is 0 Å². The summed E-state index contributed by atoms with van der Waals surface area (Å²) in [6, 6.07) is 19.5. The Morgan fingerprint density at radius 2 is 1.78 bits per heavy atom. The summed E-state index contributed by atoms with van der Waals surface area (Å²) < 4.78 is 34.7. The number of anilines is 1. The van der Waals surface area contributed by atoms with E-state index in [4.69, 9.17) is 9.47 Å². The Bertz CT molecular complexity index is 1500. The summed E-state index contributed by atoms with van der Waals surface area (Å²) in [5.74, 6) is 1.36. The van der Waals surface area contributed by atoms with Gasteiger partial charge in [-0.1, -0.05) is 31.2 Å². The van der Waals surface area contributed by atoms with Crippen molar-refractivity contribution >= 4 is 21.5 Å². The van der Waals surface area contributed by atoms with E-state index in [1.807, 2.05) is 6.92 Å². The van der Waals surface area contributed by atoms with Crippen LogP contribution in [-0.2, 0) is 38.8 Å². The van der Waals surface area contributed by atoms with Gasteiger partial charge in [0, 0.05) is 18.0 Å². The molecule has 0 unspecified atom stereocenters. The summed E-state index contributed by atoms with van der Waals surface area (Å²) in [4.78, 5) is 12.0. The third-order valence-electron chi connectivity index (χ3n) is 8.25. The van der Waals surface area contributed by atoms with Crippen LogP contribution in [0.5, 0.6) is 5.75 Å². The Balaban J connectivity index is 1.24. The van der Waals surface area contributed by atoms with Crippen molar-refractivity contribution < 1.29 is 22.7 Å². The van der Waals surface area contributed by atoms with Crippen molar-refractivity contribution in [1.29, 1.82) is 0 Å². The highest BCUT2D eigenvalue weighted by atomic mass is 32.2. The molecule has 0 bridgehead atoms. The Labute approximate surface area is 244 Å². The van der Waals surface area contributed by atoms with Gasteiger partial charge in [-0.2, -0.15) is 0 Å². The summed E-state index contributed by atoms with van der Waals surface area (Å²) in [5.41, 5.74) is 9.92. The molecule has 2 aliphatic rings. The van der Waals surface area contributed by atoms with Gasteiger partial charge < -0.3 is 14.8 Å². The maximum atomic E-state index is 12.0. The summed E-state index contributed by atoms with van der Waals surface area (Å²) in [6.45, 7) is 7.22. The molecule has 0 amide bonds. The lowest BCUT2D eigenvalue weighted by Crippen LogP contribution is -2.12. The fraction of sp³-hybridized carbons (Fsp3) is 0.441. The molecule has 5 rings (SSSR count). The van der Waals surface area contributed by atoms with Gasteiger partial charge in [0.2, 0.25) is 0 Å². The van der Waals surface area contributed by atoms with E-state index in [-0.39, 0.29) is 29.3 Å². The zero-order valence-corrected chi connectivity index (χ0v) is 25.2. The van der Waals surface area contributed by atoms with Crippen LogP contribution in [0.25, 0.3) is 11.1 Å². The zero-order valence-electron chi connectivity index (χ0n) is 24.4. The molecule has 2 aliphatic carbocycles. The standard InChI is InChI=1S/C34H41NO5S/c1-4-39-34(36)32-21-30(32)26-12-14-28(15-13-26)35-22-24-10-11-25-8-6-9-27-20-29(18-23(3)33(27)31(25)19-24)40-16-7-17-41(37,38)5-2/h10-15,18-20,30,32,35H,4-9,16-17,21-22H2,1-3H3/t30-,32+/m1/s1. The second-order valence-electron chi connectivity index (χ2n) is 11.2. The smallest absolute Gasteiger partial charge is 0.309 e. The number of rotatable bonds is 12. The molecule has 7 heteroatoms. The third kappa shape index (κ3) is 7.13. The monoisotopic (exact) mass is 575 g/mol. The lowest BCUT2D eigenvalue weighted by Gasteiger charge is -2.17. The lowest BCUT2D eigenvalue weighted by atomic mass is 9.91. The highest BCUT2D eigenvalue weighted by molar-refractivity contribution is 7.91. The molecule has 2 atom stereocenters. The molecule has 6 nitrogen and oxygen atoms in total. The van der Waals surface area contributed by atoms with Gasteiger partial charge in [-0.25, -0.2) is 8.42 Å². The predicted molar refractivity (Wildman–Crippen MR) is 164 cm³/mol. The van der Waals surface area contributed by atoms with Gasteiger partial charge in [-0.15, -0.1) is 0 Å². The van der Waals surface area contributed by atoms with Gasteiger partial charge >= 0.3 is 5.97 Å². The molecule has 0 spiro atoms. The average Bonchev–Trinajstić information content (AvgIpc) is 3.78. The molecule has 3 aromatic rings. The van der Waals surface area contributed by atoms with Gasteiger partial charge in [0.1, 0.15) is 15.6 Å². The lowest BCUT2D eigenvalue weighted by molar-refractivity contribution is -0.144. The summed E-state index contributed by atoms with van der Waals surface area (Å²) >= 11 is 0. The molecule has 0 heterocycles. The third-order valence-corrected chi connectivity index (χ3v) is 10.0. The van der Waals surface area contributed by atoms with E-state index in [1.165, 1.54) is 38.9 Å². The van der Waals surface area contributed by atoms with Crippen LogP contribution in [0.1, 0.15) is 66.8 Å². The van der Waals surface area contributed by atoms with Gasteiger partial charge in [0.05, 0.1) is 24.9 Å². The first-order valence-corrected chi connectivity index (χ1v) is 16.7. The summed E-state index contributed by atoms with van der Waals surface area (Å²) in [6.07, 6.45) is 4.49. The van der Waals surface area contributed by atoms with Gasteiger partial charge in [-0.3, -0.25) is 4.79 Å². The molecule has 0 radical (unpaired) electrons. The molecule has 218 valence electrons. The number of fused-ring (bicyclic) bond motifs is 3. The topological polar surface area (TPSA) is 81.7 Å². The van der Waals surface area contributed by atoms with Gasteiger partial charge in [0.25, 0.3) is 0 Å². The maximum absolute atomic E-state index is 12.0. The molecule has 1 saturated carbocycles. The van der Waals surface area contributed by atoms with Crippen LogP contribution in [0.2, 0.25) is 0 Å². The van der Waals surface area contributed by atoms with E-state index in [9.17, 15) is 13.2 Å². The Hall–Kier alpha value is -3.32. The molecule has 41 heavy (non-hydrogen) atoms. The molecule has 0 aliphatic heterocycles. The number of hydrogen-bond donors (Lipinski definition) is 1. The normalized spacial score (nSPS) is 17.6. The number of sulfone groups is 1. The SMILES string of the molecule is CCOC(=O)[C@H]1C[C@@H]1c1ccc(NCc2ccc3c(c2)-c2c(C)cc(OCCCS(=O)(=O)CC)cc2CCC3)cc1. The minimum Gasteiger partial charge on any atom is -0.494 e. The first kappa shape index (κ1) is 29.2. The fourth-order valence-corrected chi connectivity index (χ4v) is 6.73. The molecular formula is C34H41NO5S. The van der Waals surface area contributed by atoms with Gasteiger partial charge in [-0.05, 0) is 121 Å². The number of hydrogen-bond acceptors (Lipinski definition) is 6. The Kier molecular flexibility index (Phi) is 9.03. The average molecular weight is 576 g/mol. The van der Waals surface area contributed by atoms with Crippen LogP contribution in [0.15, 0.2) is 54.6 Å². The molecule has 0 saturated heterocycles. The van der Waals surface area contributed by atoms with Crippen LogP contribution < -0.4 is 10.1 Å². The van der Waals surface area contributed by atoms with E-state index >= 15 is 0 Å². The van der Waals surface area contributed by atoms with E-state index < -0.39 is 9.84 Å². The second-order valence-corrected chi connectivity index (χ2v) is 13.7. The van der Waals surface area contributed by atoms with Crippen molar-refractivity contribution in [1.82, 2.24) is 0 Å². The van der Waals surface area contributed by atoms with E-state index in [2.05, 4.69) is 66.8 Å². The van der Waals surface area contributed by atoms with Crippen LogP contribution in [-0.4, -0.2) is 39.1 Å². The number of carbonyl (C=O) groups excluding carboxylic acids is 1. The largest absolute Gasteiger partial charge is 0.494 e. The van der Waals surface area contributed by atoms with Crippen LogP contribution >= 0.6 is 0 Å². The fourth-order valence-electron chi connectivity index (χ4n) is 5.88. The quantitative estimate of drug-likeness (QED) is 0.193. The first-order chi connectivity index (χ1) is 19.8. The number of carbonyl (C=O) groups is 1. The number of esters is 1. The van der Waals surface area contributed by atoms with Crippen molar-refractivity contribution in [2.75, 3.05) is 30.0 Å². The van der Waals surface area contributed by atoms with Crippen LogP contribution in [0, 0.1) is 12.8 Å². The molecule has 1 fully saturated rings. The minimum atomic E-state index is -2.97. The molecular weight excluding hydrogens is 534 g/mol. The number of nitrogens with one attached hydrogen (secondary N) is 1. The minimum absolute atomic E-state index is 0.00641. The number of ether oxygens (including phenoxy) is 2. The maximum Gasteiger partial charge on any atom is 0.309 e. The van der Waals surface area contributed by atoms with Crippen LogP contribution in [0.4, 0.5) is 5.69 Å². The van der Waals surface area contributed by atoms with Gasteiger partial charge in [0.15, 0.2) is 0 Å². The van der Waals surface area contributed by atoms with Crippen molar-refractivity contribution in [2.45, 2.75) is 65.3 Å². The highest BCUT2D eigenvalue weighted by Crippen LogP contribution is 2.48. The second kappa shape index (κ2) is 12.7.